The zero-order chi connectivity index (χ0) is 53.3. The van der Waals surface area contributed by atoms with Gasteiger partial charge in [-0.05, 0) is 158 Å². The summed E-state index contributed by atoms with van der Waals surface area (Å²) in [5, 5.41) is 29.3. The first-order valence-electron chi connectivity index (χ1n) is 24.9. The maximum atomic E-state index is 14.1. The van der Waals surface area contributed by atoms with E-state index in [0.717, 1.165) is 101 Å². The van der Waals surface area contributed by atoms with E-state index in [-0.39, 0.29) is 41.7 Å². The van der Waals surface area contributed by atoms with Crippen molar-refractivity contribution < 1.29 is 19.2 Å². The second-order valence-electron chi connectivity index (χ2n) is 18.8. The molecule has 392 valence electrons. The second kappa shape index (κ2) is 24.6. The molecule has 2 aliphatic heterocycles. The van der Waals surface area contributed by atoms with Crippen LogP contribution in [0.4, 0.5) is 11.9 Å². The van der Waals surface area contributed by atoms with E-state index < -0.39 is 16.6 Å². The molecule has 0 bridgehead atoms. The Morgan fingerprint density at radius 2 is 1.03 bits per heavy atom. The van der Waals surface area contributed by atoms with Crippen molar-refractivity contribution in [1.82, 2.24) is 51.0 Å². The molecule has 6 aromatic rings. The molecule has 0 unspecified atom stereocenters. The molecule has 2 saturated carbocycles. The fourth-order valence-corrected chi connectivity index (χ4v) is 11.7. The van der Waals surface area contributed by atoms with Crippen LogP contribution in [0, 0.1) is 0 Å². The van der Waals surface area contributed by atoms with Crippen molar-refractivity contribution in [2.24, 2.45) is 9.98 Å². The van der Waals surface area contributed by atoms with Crippen molar-refractivity contribution in [2.45, 2.75) is 127 Å². The van der Waals surface area contributed by atoms with Crippen molar-refractivity contribution in [1.29, 1.82) is 0 Å². The molecule has 2 spiro atoms. The smallest absolute Gasteiger partial charge is 0.275 e. The summed E-state index contributed by atoms with van der Waals surface area (Å²) in [4.78, 5) is 66.2. The highest BCUT2D eigenvalue weighted by atomic mass is 35.5. The van der Waals surface area contributed by atoms with E-state index in [4.69, 9.17) is 73.7 Å². The normalized spacial score (nSPS) is 17.4. The van der Waals surface area contributed by atoms with Gasteiger partial charge in [-0.15, -0.1) is 10.2 Å². The van der Waals surface area contributed by atoms with E-state index in [0.29, 0.717) is 53.8 Å². The number of carbonyl (C=O) groups is 4. The molecule has 4 aliphatic rings. The zero-order valence-corrected chi connectivity index (χ0v) is 45.0. The highest BCUT2D eigenvalue weighted by Crippen LogP contribution is 2.48. The van der Waals surface area contributed by atoms with Gasteiger partial charge in [0.1, 0.15) is 22.7 Å². The quantitative estimate of drug-likeness (QED) is 0.0792. The predicted octanol–water partition coefficient (Wildman–Crippen LogP) is 11.6. The Kier molecular flexibility index (Phi) is 18.0. The first-order chi connectivity index (χ1) is 36.1. The maximum Gasteiger partial charge on any atom is 0.275 e. The number of rotatable bonds is 13. The molecule has 3 amide bonds. The fourth-order valence-electron chi connectivity index (χ4n) is 10.5. The van der Waals surface area contributed by atoms with Gasteiger partial charge >= 0.3 is 0 Å². The molecule has 10 rings (SSSR count). The molecule has 2 aliphatic carbocycles. The van der Waals surface area contributed by atoms with Gasteiger partial charge in [-0.2, -0.15) is 10.4 Å². The Morgan fingerprint density at radius 3 is 1.37 bits per heavy atom. The van der Waals surface area contributed by atoms with E-state index in [1.165, 1.54) is 0 Å². The number of aliphatic imine (C=N–C) groups is 2. The molecular weight excluding hydrogens is 1060 g/mol. The van der Waals surface area contributed by atoms with E-state index in [1.54, 1.807) is 60.7 Å². The Morgan fingerprint density at radius 1 is 0.613 bits per heavy atom. The molecular formula is C52H55Cl5N14O4. The van der Waals surface area contributed by atoms with Gasteiger partial charge in [0.2, 0.25) is 0 Å². The van der Waals surface area contributed by atoms with Crippen LogP contribution in [0.15, 0.2) is 94.9 Å². The fraction of sp³-hybridized carbons (Fsp3) is 0.385. The van der Waals surface area contributed by atoms with Crippen LogP contribution in [-0.2, 0) is 9.59 Å². The number of hydrogen-bond acceptors (Lipinski definition) is 13. The van der Waals surface area contributed by atoms with Gasteiger partial charge in [0.25, 0.3) is 34.9 Å². The minimum atomic E-state index is -0.603. The van der Waals surface area contributed by atoms with Crippen LogP contribution in [0.2, 0.25) is 20.1 Å². The molecule has 2 fully saturated rings. The van der Waals surface area contributed by atoms with Gasteiger partial charge in [-0.1, -0.05) is 120 Å². The first kappa shape index (κ1) is 54.9. The Bertz CT molecular complexity index is 2990. The molecule has 18 nitrogen and oxygen atoms in total. The van der Waals surface area contributed by atoms with E-state index in [9.17, 15) is 19.2 Å². The van der Waals surface area contributed by atoms with Crippen LogP contribution >= 0.6 is 58.0 Å². The van der Waals surface area contributed by atoms with Crippen LogP contribution in [0.1, 0.15) is 159 Å². The summed E-state index contributed by atoms with van der Waals surface area (Å²) in [5.41, 5.74) is 8.73. The van der Waals surface area contributed by atoms with E-state index in [2.05, 4.69) is 60.4 Å². The van der Waals surface area contributed by atoms with Crippen molar-refractivity contribution in [3.8, 4) is 0 Å². The SMILES string of the molecule is CCC[C@H](c1ccc(C(=O)Cl)cc1)N1C(=O)C(c2cc(Cl)cc(Cl)c2)=NC12CCCCC2.CCC[C@H](c1ccc(C(=O)Nc2nn[nH]n2)cc1)N1C(=O)C(c2cc(Cl)cc(Cl)c2)=NC12CCCCC2.Nc1nn[nH]n1. The maximum absolute atomic E-state index is 14.1. The molecule has 4 aromatic carbocycles. The Balaban J connectivity index is 0.000000180. The minimum Gasteiger partial charge on any atom is -0.365 e. The average Bonchev–Trinajstić information content (AvgIpc) is 4.21. The number of halogens is 5. The lowest BCUT2D eigenvalue weighted by atomic mass is 9.86. The molecule has 75 heavy (non-hydrogen) atoms. The van der Waals surface area contributed by atoms with E-state index in [1.807, 2.05) is 34.1 Å². The van der Waals surface area contributed by atoms with Crippen molar-refractivity contribution in [3.05, 3.63) is 138 Å². The number of hydrogen-bond donors (Lipinski definition) is 4. The lowest BCUT2D eigenvalue weighted by Gasteiger charge is -2.44. The number of nitrogens with zero attached hydrogens (tertiary/aromatic N) is 10. The lowest BCUT2D eigenvalue weighted by Crippen LogP contribution is -2.50. The number of benzene rings is 4. The number of aromatic amines is 2. The summed E-state index contributed by atoms with van der Waals surface area (Å²) in [6.07, 6.45) is 12.9. The summed E-state index contributed by atoms with van der Waals surface area (Å²) >= 11 is 30.6. The summed E-state index contributed by atoms with van der Waals surface area (Å²) in [7, 11) is 0. The number of amides is 3. The topological polar surface area (TPSA) is 246 Å². The predicted molar refractivity (Wildman–Crippen MR) is 290 cm³/mol. The number of tetrazole rings is 2. The molecule has 2 aromatic heterocycles. The number of nitrogens with one attached hydrogen (secondary N) is 3. The monoisotopic (exact) mass is 1110 g/mol. The van der Waals surface area contributed by atoms with Crippen molar-refractivity contribution in [2.75, 3.05) is 11.1 Å². The summed E-state index contributed by atoms with van der Waals surface area (Å²) in [6.45, 7) is 4.21. The summed E-state index contributed by atoms with van der Waals surface area (Å²) in [5.74, 6) is -0.274. The number of anilines is 2. The number of nitrogens with two attached hydrogens (primary N) is 1. The lowest BCUT2D eigenvalue weighted by molar-refractivity contribution is -0.133. The second-order valence-corrected chi connectivity index (χ2v) is 20.8. The van der Waals surface area contributed by atoms with Crippen LogP contribution in [0.5, 0.6) is 0 Å². The van der Waals surface area contributed by atoms with Crippen LogP contribution in [-0.4, -0.2) is 96.8 Å². The van der Waals surface area contributed by atoms with Crippen molar-refractivity contribution in [3.63, 3.8) is 0 Å². The van der Waals surface area contributed by atoms with E-state index >= 15 is 0 Å². The van der Waals surface area contributed by atoms with Crippen LogP contribution < -0.4 is 11.1 Å². The number of aromatic nitrogens is 8. The molecule has 23 heteroatoms. The number of carbonyl (C=O) groups excluding carboxylic acids is 4. The van der Waals surface area contributed by atoms with Crippen molar-refractivity contribution >= 4 is 104 Å². The minimum absolute atomic E-state index is 0.0961. The van der Waals surface area contributed by atoms with Gasteiger partial charge < -0.3 is 15.5 Å². The van der Waals surface area contributed by atoms with Gasteiger partial charge in [0.15, 0.2) is 0 Å². The molecule has 0 radical (unpaired) electrons. The largest absolute Gasteiger partial charge is 0.365 e. The van der Waals surface area contributed by atoms with Crippen LogP contribution in [0.25, 0.3) is 0 Å². The summed E-state index contributed by atoms with van der Waals surface area (Å²) in [6, 6.07) is 24.5. The Hall–Kier alpha value is -6.31. The Labute approximate surface area is 458 Å². The van der Waals surface area contributed by atoms with Gasteiger partial charge in [-0.25, -0.2) is 0 Å². The highest BCUT2D eigenvalue weighted by molar-refractivity contribution is 6.67. The number of nitrogen functional groups attached to an aromatic ring is 1. The molecule has 0 saturated heterocycles. The number of H-pyrrole nitrogens is 2. The van der Waals surface area contributed by atoms with Gasteiger partial charge in [0, 0.05) is 42.3 Å². The third kappa shape index (κ3) is 12.7. The van der Waals surface area contributed by atoms with Crippen LogP contribution in [0.3, 0.4) is 0 Å². The molecule has 5 N–H and O–H groups in total. The van der Waals surface area contributed by atoms with Gasteiger partial charge in [-0.3, -0.25) is 34.5 Å². The third-order valence-corrected chi connectivity index (χ3v) is 14.8. The zero-order valence-electron chi connectivity index (χ0n) is 41.2. The standard InChI is InChI=1S/C26H27Cl2N7O2.C25H25Cl3N2O2.CH3N5/c1-2-6-21(16-7-9-17(10-8-16)23(36)29-25-31-33-34-32-25)35-24(37)22(18-13-19(27)15-20(28)14-18)30-26(35)11-4-3-5-12-26;1-2-6-21(16-7-9-17(10-8-16)23(28)31)30-24(32)22(18-13-19(26)15-20(27)14-18)29-25(30)11-4-3-5-12-25;2-1-3-5-6-4-1/h7-10,13-15,21H,2-6,11-12H2,1H3,(H2,29,31,32,33,34,36);7-10,13-15,21H,2-6,11-12H2,1H3;(H3,2,3,4,5,6)/t2*21-;/m11./s1. The first-order valence-corrected chi connectivity index (χ1v) is 26.8. The summed E-state index contributed by atoms with van der Waals surface area (Å²) < 4.78 is 0. The van der Waals surface area contributed by atoms with Gasteiger partial charge in [0.05, 0.1) is 12.1 Å². The average molecular weight is 1120 g/mol. The molecule has 2 atom stereocenters. The molecule has 4 heterocycles. The third-order valence-electron chi connectivity index (χ3n) is 13.7. The highest BCUT2D eigenvalue weighted by Gasteiger charge is 2.52.